The number of halogens is 8. The van der Waals surface area contributed by atoms with Gasteiger partial charge in [0, 0.05) is 9.90 Å². The minimum absolute atomic E-state index is 0.0328. The van der Waals surface area contributed by atoms with Crippen LogP contribution in [-0.4, -0.2) is 23.9 Å². The lowest BCUT2D eigenvalue weighted by Gasteiger charge is -2.38. The fourth-order valence-electron chi connectivity index (χ4n) is 3.33. The topological polar surface area (TPSA) is 64.9 Å². The van der Waals surface area contributed by atoms with Crippen LogP contribution < -0.4 is 10.6 Å². The molecule has 1 aliphatic carbocycles. The molecule has 1 heterocycles. The average Bonchev–Trinajstić information content (AvgIpc) is 3.02. The van der Waals surface area contributed by atoms with Crippen molar-refractivity contribution in [2.24, 2.45) is 0 Å². The number of nitriles is 1. The average molecular weight is 516 g/mol. The quantitative estimate of drug-likeness (QED) is 0.362. The number of fused-ring (bicyclic) bond motifs is 1. The van der Waals surface area contributed by atoms with E-state index in [1.807, 2.05) is 0 Å². The minimum atomic E-state index is -6.03. The van der Waals surface area contributed by atoms with E-state index in [9.17, 15) is 36.4 Å². The van der Waals surface area contributed by atoms with Crippen LogP contribution >= 0.6 is 34.5 Å². The second kappa shape index (κ2) is 8.65. The first-order valence-electron chi connectivity index (χ1n) is 9.04. The summed E-state index contributed by atoms with van der Waals surface area (Å²) in [5.74, 6) is -1.73. The fraction of sp³-hybridized carbons (Fsp3) is 0.368. The standard InChI is InChI=1S/C19H13Cl2F6N3OS/c20-9-5-6-11(13(21)7-9)15(31)29-17(18(22,23)24,19(25,26)27)30-16-12(8-28)10-3-1-2-4-14(10)32-16/h5-7,30H,1-4H2,(H,29,31). The molecule has 0 bridgehead atoms. The van der Waals surface area contributed by atoms with Crippen molar-refractivity contribution < 1.29 is 31.1 Å². The van der Waals surface area contributed by atoms with Gasteiger partial charge in [0.2, 0.25) is 0 Å². The summed E-state index contributed by atoms with van der Waals surface area (Å²) >= 11 is 12.1. The Labute approximate surface area is 192 Å². The van der Waals surface area contributed by atoms with Crippen molar-refractivity contribution in [1.82, 2.24) is 5.32 Å². The zero-order valence-corrected chi connectivity index (χ0v) is 18.2. The van der Waals surface area contributed by atoms with Crippen molar-refractivity contribution in [3.05, 3.63) is 49.8 Å². The smallest absolute Gasteiger partial charge is 0.338 e. The van der Waals surface area contributed by atoms with Crippen LogP contribution in [0.4, 0.5) is 31.3 Å². The normalized spacial score (nSPS) is 14.5. The van der Waals surface area contributed by atoms with Crippen molar-refractivity contribution in [2.45, 2.75) is 43.7 Å². The molecule has 1 aliphatic rings. The molecule has 3 rings (SSSR count). The molecule has 1 aromatic carbocycles. The Hall–Kier alpha value is -2.16. The zero-order chi connectivity index (χ0) is 23.9. The molecule has 0 aliphatic heterocycles. The highest BCUT2D eigenvalue weighted by Crippen LogP contribution is 2.47. The van der Waals surface area contributed by atoms with Gasteiger partial charge in [0.25, 0.3) is 5.91 Å². The third-order valence-corrected chi connectivity index (χ3v) is 6.67. The Morgan fingerprint density at radius 3 is 2.25 bits per heavy atom. The number of hydrogen-bond donors (Lipinski definition) is 2. The number of nitrogens with zero attached hydrogens (tertiary/aromatic N) is 1. The van der Waals surface area contributed by atoms with Gasteiger partial charge in [0.15, 0.2) is 0 Å². The lowest BCUT2D eigenvalue weighted by molar-refractivity contribution is -0.293. The second-order valence-corrected chi connectivity index (χ2v) is 8.92. The van der Waals surface area contributed by atoms with Gasteiger partial charge < -0.3 is 10.6 Å². The van der Waals surface area contributed by atoms with Gasteiger partial charge in [-0.15, -0.1) is 11.3 Å². The Morgan fingerprint density at radius 1 is 1.06 bits per heavy atom. The van der Waals surface area contributed by atoms with Gasteiger partial charge in [-0.2, -0.15) is 31.6 Å². The number of hydrogen-bond acceptors (Lipinski definition) is 4. The van der Waals surface area contributed by atoms with E-state index < -0.39 is 39.5 Å². The number of rotatable bonds is 4. The van der Waals surface area contributed by atoms with Gasteiger partial charge in [-0.05, 0) is 49.4 Å². The highest BCUT2D eigenvalue weighted by atomic mass is 35.5. The largest absolute Gasteiger partial charge is 0.439 e. The van der Waals surface area contributed by atoms with E-state index in [0.29, 0.717) is 47.5 Å². The monoisotopic (exact) mass is 515 g/mol. The summed E-state index contributed by atoms with van der Waals surface area (Å²) in [6.45, 7) is 0. The van der Waals surface area contributed by atoms with Crippen LogP contribution in [0, 0.1) is 11.3 Å². The first-order valence-corrected chi connectivity index (χ1v) is 10.6. The minimum Gasteiger partial charge on any atom is -0.338 e. The molecule has 0 saturated heterocycles. The van der Waals surface area contributed by atoms with E-state index in [1.54, 1.807) is 6.07 Å². The van der Waals surface area contributed by atoms with Gasteiger partial charge in [-0.25, -0.2) is 0 Å². The van der Waals surface area contributed by atoms with E-state index in [-0.39, 0.29) is 10.6 Å². The third-order valence-electron chi connectivity index (χ3n) is 4.91. The number of anilines is 1. The number of alkyl halides is 6. The first-order chi connectivity index (χ1) is 14.8. The van der Waals surface area contributed by atoms with Gasteiger partial charge in [0.05, 0.1) is 16.1 Å². The van der Waals surface area contributed by atoms with E-state index in [1.165, 1.54) is 5.32 Å². The van der Waals surface area contributed by atoms with E-state index in [4.69, 9.17) is 23.2 Å². The van der Waals surface area contributed by atoms with Gasteiger partial charge in [-0.3, -0.25) is 4.79 Å². The molecule has 13 heteroatoms. The van der Waals surface area contributed by atoms with Gasteiger partial charge >= 0.3 is 18.0 Å². The first kappa shape index (κ1) is 24.5. The third kappa shape index (κ3) is 4.36. The molecule has 0 spiro atoms. The van der Waals surface area contributed by atoms with Crippen molar-refractivity contribution in [3.8, 4) is 6.07 Å². The molecule has 4 nitrogen and oxygen atoms in total. The number of aryl methyl sites for hydroxylation is 1. The summed E-state index contributed by atoms with van der Waals surface area (Å²) < 4.78 is 83.9. The molecule has 1 amide bonds. The molecule has 0 unspecified atom stereocenters. The van der Waals surface area contributed by atoms with Crippen LogP contribution in [-0.2, 0) is 12.8 Å². The number of amides is 1. The predicted octanol–water partition coefficient (Wildman–Crippen LogP) is 6.47. The lowest BCUT2D eigenvalue weighted by atomic mass is 9.96. The maximum absolute atomic E-state index is 14.0. The van der Waals surface area contributed by atoms with Crippen LogP contribution in [0.15, 0.2) is 18.2 Å². The van der Waals surface area contributed by atoms with Crippen molar-refractivity contribution in [2.75, 3.05) is 5.32 Å². The summed E-state index contributed by atoms with van der Waals surface area (Å²) in [4.78, 5) is 13.0. The lowest BCUT2D eigenvalue weighted by Crippen LogP contribution is -2.72. The number of nitrogens with one attached hydrogen (secondary N) is 2. The summed E-state index contributed by atoms with van der Waals surface area (Å²) in [5, 5.41) is 10.9. The van der Waals surface area contributed by atoms with Crippen LogP contribution in [0.2, 0.25) is 10.0 Å². The van der Waals surface area contributed by atoms with E-state index in [0.717, 1.165) is 23.5 Å². The zero-order valence-electron chi connectivity index (χ0n) is 15.8. The maximum atomic E-state index is 14.0. The van der Waals surface area contributed by atoms with Crippen molar-refractivity contribution in [1.29, 1.82) is 5.26 Å². The molecule has 2 aromatic rings. The van der Waals surface area contributed by atoms with Crippen LogP contribution in [0.25, 0.3) is 0 Å². The summed E-state index contributed by atoms with van der Waals surface area (Å²) in [7, 11) is 0. The maximum Gasteiger partial charge on any atom is 0.439 e. The molecule has 1 aromatic heterocycles. The Morgan fingerprint density at radius 2 is 1.69 bits per heavy atom. The SMILES string of the molecule is N#Cc1c(NC(NC(=O)c2ccc(Cl)cc2Cl)(C(F)(F)F)C(F)(F)F)sc2c1CCCC2. The van der Waals surface area contributed by atoms with Crippen molar-refractivity contribution in [3.63, 3.8) is 0 Å². The molecule has 0 atom stereocenters. The Bertz CT molecular complexity index is 1080. The summed E-state index contributed by atoms with van der Waals surface area (Å²) in [5.41, 5.74) is -5.38. The Balaban J connectivity index is 2.12. The molecule has 32 heavy (non-hydrogen) atoms. The number of carbonyl (C=O) groups is 1. The Kier molecular flexibility index (Phi) is 6.62. The number of benzene rings is 1. The van der Waals surface area contributed by atoms with Gasteiger partial charge in [0.1, 0.15) is 11.1 Å². The molecule has 0 radical (unpaired) electrons. The molecule has 172 valence electrons. The van der Waals surface area contributed by atoms with Crippen molar-refractivity contribution >= 4 is 45.4 Å². The van der Waals surface area contributed by atoms with Crippen LogP contribution in [0.3, 0.4) is 0 Å². The van der Waals surface area contributed by atoms with Crippen LogP contribution in [0.5, 0.6) is 0 Å². The molecular formula is C19H13Cl2F6N3OS. The fourth-order valence-corrected chi connectivity index (χ4v) is 5.12. The summed E-state index contributed by atoms with van der Waals surface area (Å²) in [6, 6.07) is 4.71. The summed E-state index contributed by atoms with van der Waals surface area (Å²) in [6.07, 6.45) is -9.89. The van der Waals surface area contributed by atoms with Gasteiger partial charge in [-0.1, -0.05) is 23.2 Å². The number of thiophene rings is 1. The molecule has 0 fully saturated rings. The second-order valence-electron chi connectivity index (χ2n) is 6.98. The van der Waals surface area contributed by atoms with E-state index in [2.05, 4.69) is 0 Å². The molecule has 2 N–H and O–H groups in total. The van der Waals surface area contributed by atoms with E-state index >= 15 is 0 Å². The highest BCUT2D eigenvalue weighted by molar-refractivity contribution is 7.16. The van der Waals surface area contributed by atoms with Crippen LogP contribution in [0.1, 0.15) is 39.2 Å². The highest BCUT2D eigenvalue weighted by Gasteiger charge is 2.73. The predicted molar refractivity (Wildman–Crippen MR) is 108 cm³/mol. The molecular weight excluding hydrogens is 503 g/mol. The number of carbonyl (C=O) groups excluding carboxylic acids is 1. The molecule has 0 saturated carbocycles.